The van der Waals surface area contributed by atoms with E-state index >= 15 is 0 Å². The van der Waals surface area contributed by atoms with Crippen LogP contribution in [0.15, 0.2) is 47.1 Å². The number of ether oxygens (including phenoxy) is 3. The van der Waals surface area contributed by atoms with E-state index in [1.54, 1.807) is 32.4 Å². The highest BCUT2D eigenvalue weighted by molar-refractivity contribution is 6.13. The van der Waals surface area contributed by atoms with E-state index in [1.807, 2.05) is 32.0 Å². The van der Waals surface area contributed by atoms with Crippen molar-refractivity contribution in [2.75, 3.05) is 14.2 Å². The van der Waals surface area contributed by atoms with Gasteiger partial charge in [-0.25, -0.2) is 9.79 Å². The molecule has 0 amide bonds. The molecule has 0 saturated carbocycles. The number of hydrogen-bond acceptors (Lipinski definition) is 5. The average molecular weight is 337 g/mol. The van der Waals surface area contributed by atoms with Crippen LogP contribution in [0.3, 0.4) is 0 Å². The first-order chi connectivity index (χ1) is 12.0. The van der Waals surface area contributed by atoms with Crippen LogP contribution in [-0.2, 0) is 9.53 Å². The van der Waals surface area contributed by atoms with Gasteiger partial charge in [0.1, 0.15) is 11.5 Å². The zero-order chi connectivity index (χ0) is 18.0. The Labute approximate surface area is 146 Å². The summed E-state index contributed by atoms with van der Waals surface area (Å²) < 4.78 is 15.9. The summed E-state index contributed by atoms with van der Waals surface area (Å²) in [5.41, 5.74) is 3.92. The first kappa shape index (κ1) is 16.8. The zero-order valence-electron chi connectivity index (χ0n) is 14.6. The largest absolute Gasteiger partial charge is 0.497 e. The lowest BCUT2D eigenvalue weighted by molar-refractivity contribution is -0.129. The Hall–Kier alpha value is -3.08. The molecule has 1 heterocycles. The predicted octanol–water partition coefficient (Wildman–Crippen LogP) is 3.67. The van der Waals surface area contributed by atoms with E-state index in [2.05, 4.69) is 11.1 Å². The van der Waals surface area contributed by atoms with E-state index in [1.165, 1.54) is 0 Å². The average Bonchev–Trinajstić information content (AvgIpc) is 2.95. The minimum atomic E-state index is -0.480. The number of aliphatic imine (C=N–C) groups is 1. The van der Waals surface area contributed by atoms with Crippen LogP contribution in [0, 0.1) is 13.8 Å². The molecule has 0 fully saturated rings. The van der Waals surface area contributed by atoms with Crippen LogP contribution >= 0.6 is 0 Å². The molecular formula is C20H19NO4. The molecule has 0 N–H and O–H groups in total. The molecule has 0 aromatic heterocycles. The van der Waals surface area contributed by atoms with E-state index in [-0.39, 0.29) is 5.70 Å². The summed E-state index contributed by atoms with van der Waals surface area (Å²) in [5, 5.41) is 0. The topological polar surface area (TPSA) is 57.1 Å². The molecule has 1 aliphatic rings. The van der Waals surface area contributed by atoms with Crippen molar-refractivity contribution in [3.8, 4) is 11.5 Å². The second-order valence-electron chi connectivity index (χ2n) is 5.82. The number of methoxy groups -OCH3 is 2. The number of aryl methyl sites for hydroxylation is 2. The molecule has 0 aliphatic carbocycles. The van der Waals surface area contributed by atoms with Crippen LogP contribution in [0.1, 0.15) is 22.3 Å². The van der Waals surface area contributed by atoms with Crippen molar-refractivity contribution in [1.82, 2.24) is 0 Å². The Morgan fingerprint density at radius 3 is 2.36 bits per heavy atom. The quantitative estimate of drug-likeness (QED) is 0.631. The Kier molecular flexibility index (Phi) is 4.57. The molecule has 5 nitrogen and oxygen atoms in total. The Balaban J connectivity index is 1.99. The molecular weight excluding hydrogens is 318 g/mol. The number of esters is 1. The fraction of sp³-hybridized carbons (Fsp3) is 0.200. The van der Waals surface area contributed by atoms with Crippen LogP contribution < -0.4 is 9.47 Å². The molecule has 0 bridgehead atoms. The second kappa shape index (κ2) is 6.81. The van der Waals surface area contributed by atoms with Gasteiger partial charge in [0.2, 0.25) is 5.90 Å². The van der Waals surface area contributed by atoms with Gasteiger partial charge in [-0.1, -0.05) is 17.2 Å². The molecule has 1 aliphatic heterocycles. The van der Waals surface area contributed by atoms with E-state index in [9.17, 15) is 4.79 Å². The third-order valence-electron chi connectivity index (χ3n) is 3.82. The highest BCUT2D eigenvalue weighted by Gasteiger charge is 2.24. The van der Waals surface area contributed by atoms with Crippen molar-refractivity contribution in [2.45, 2.75) is 13.8 Å². The van der Waals surface area contributed by atoms with Gasteiger partial charge in [-0.3, -0.25) is 0 Å². The number of benzene rings is 2. The summed E-state index contributed by atoms with van der Waals surface area (Å²) in [6, 6.07) is 11.3. The third kappa shape index (κ3) is 3.55. The smallest absolute Gasteiger partial charge is 0.363 e. The first-order valence-corrected chi connectivity index (χ1v) is 7.83. The maximum Gasteiger partial charge on any atom is 0.363 e. The molecule has 2 aromatic carbocycles. The van der Waals surface area contributed by atoms with Crippen molar-refractivity contribution in [2.24, 2.45) is 4.99 Å². The van der Waals surface area contributed by atoms with Gasteiger partial charge in [0, 0.05) is 17.2 Å². The number of nitrogens with zero attached hydrogens (tertiary/aromatic N) is 1. The maximum absolute atomic E-state index is 12.2. The van der Waals surface area contributed by atoms with Crippen LogP contribution in [0.5, 0.6) is 11.5 Å². The summed E-state index contributed by atoms with van der Waals surface area (Å²) in [6.45, 7) is 3.99. The van der Waals surface area contributed by atoms with E-state index in [0.717, 1.165) is 22.3 Å². The van der Waals surface area contributed by atoms with Crippen molar-refractivity contribution >= 4 is 17.9 Å². The number of cyclic esters (lactones) is 1. The third-order valence-corrected chi connectivity index (χ3v) is 3.82. The van der Waals surface area contributed by atoms with Gasteiger partial charge < -0.3 is 14.2 Å². The summed E-state index contributed by atoms with van der Waals surface area (Å²) in [7, 11) is 3.15. The summed E-state index contributed by atoms with van der Waals surface area (Å²) >= 11 is 0. The van der Waals surface area contributed by atoms with Gasteiger partial charge in [0.05, 0.1) is 14.2 Å². The lowest BCUT2D eigenvalue weighted by atomic mass is 10.1. The SMILES string of the molecule is COc1ccc(/C=C2\N=C(c3cc(C)cc(C)c3)OC2=O)c(OC)c1. The van der Waals surface area contributed by atoms with Crippen LogP contribution in [-0.4, -0.2) is 26.1 Å². The highest BCUT2D eigenvalue weighted by Crippen LogP contribution is 2.28. The van der Waals surface area contributed by atoms with Crippen molar-refractivity contribution in [3.05, 3.63) is 64.3 Å². The Bertz CT molecular complexity index is 876. The molecule has 0 atom stereocenters. The maximum atomic E-state index is 12.2. The number of carbonyl (C=O) groups excluding carboxylic acids is 1. The van der Waals surface area contributed by atoms with Crippen LogP contribution in [0.2, 0.25) is 0 Å². The molecule has 2 aromatic rings. The van der Waals surface area contributed by atoms with E-state index in [4.69, 9.17) is 14.2 Å². The lowest BCUT2D eigenvalue weighted by Gasteiger charge is -2.07. The van der Waals surface area contributed by atoms with Crippen molar-refractivity contribution in [1.29, 1.82) is 0 Å². The molecule has 0 unspecified atom stereocenters. The van der Waals surface area contributed by atoms with Gasteiger partial charge >= 0.3 is 5.97 Å². The van der Waals surface area contributed by atoms with E-state index in [0.29, 0.717) is 17.4 Å². The van der Waals surface area contributed by atoms with Gasteiger partial charge in [-0.2, -0.15) is 0 Å². The molecule has 3 rings (SSSR count). The van der Waals surface area contributed by atoms with Gasteiger partial charge in [0.25, 0.3) is 0 Å². The fourth-order valence-corrected chi connectivity index (χ4v) is 2.72. The van der Waals surface area contributed by atoms with Gasteiger partial charge in [0.15, 0.2) is 5.70 Å². The molecule has 0 radical (unpaired) electrons. The number of carbonyl (C=O) groups is 1. The number of rotatable bonds is 4. The molecule has 0 saturated heterocycles. The van der Waals surface area contributed by atoms with Gasteiger partial charge in [-0.05, 0) is 44.2 Å². The van der Waals surface area contributed by atoms with E-state index < -0.39 is 5.97 Å². The summed E-state index contributed by atoms with van der Waals surface area (Å²) in [6.07, 6.45) is 1.65. The second-order valence-corrected chi connectivity index (χ2v) is 5.82. The first-order valence-electron chi connectivity index (χ1n) is 7.83. The molecule has 25 heavy (non-hydrogen) atoms. The minimum Gasteiger partial charge on any atom is -0.497 e. The molecule has 5 heteroatoms. The molecule has 0 spiro atoms. The lowest BCUT2D eigenvalue weighted by Crippen LogP contribution is -2.06. The Morgan fingerprint density at radius 2 is 1.72 bits per heavy atom. The van der Waals surface area contributed by atoms with Crippen LogP contribution in [0.25, 0.3) is 6.08 Å². The standard InChI is InChI=1S/C20H19NO4/c1-12-7-13(2)9-15(8-12)19-21-17(20(22)25-19)10-14-5-6-16(23-3)11-18(14)24-4/h5-11H,1-4H3/b17-10-. The van der Waals surface area contributed by atoms with Crippen molar-refractivity contribution in [3.63, 3.8) is 0 Å². The summed E-state index contributed by atoms with van der Waals surface area (Å²) in [5.74, 6) is 1.10. The normalized spacial score (nSPS) is 15.1. The summed E-state index contributed by atoms with van der Waals surface area (Å²) in [4.78, 5) is 16.5. The highest BCUT2D eigenvalue weighted by atomic mass is 16.6. The monoisotopic (exact) mass is 337 g/mol. The Morgan fingerprint density at radius 1 is 1.00 bits per heavy atom. The zero-order valence-corrected chi connectivity index (χ0v) is 14.6. The fourth-order valence-electron chi connectivity index (χ4n) is 2.72. The van der Waals surface area contributed by atoms with Gasteiger partial charge in [-0.15, -0.1) is 0 Å². The van der Waals surface area contributed by atoms with Crippen molar-refractivity contribution < 1.29 is 19.0 Å². The number of hydrogen-bond donors (Lipinski definition) is 0. The van der Waals surface area contributed by atoms with Crippen LogP contribution in [0.4, 0.5) is 0 Å². The minimum absolute atomic E-state index is 0.234. The molecule has 128 valence electrons. The predicted molar refractivity (Wildman–Crippen MR) is 96.1 cm³/mol.